The zero-order valence-electron chi connectivity index (χ0n) is 11.4. The predicted molar refractivity (Wildman–Crippen MR) is 73.5 cm³/mol. The molecule has 4 heteroatoms. The monoisotopic (exact) mass is 236 g/mol. The SMILES string of the molecule is CNc1ncc(C)c(NCCCCC(C)C)n1. The summed E-state index contributed by atoms with van der Waals surface area (Å²) in [7, 11) is 1.83. The van der Waals surface area contributed by atoms with Crippen molar-refractivity contribution in [3.8, 4) is 0 Å². The highest BCUT2D eigenvalue weighted by Crippen LogP contribution is 2.13. The topological polar surface area (TPSA) is 49.8 Å². The van der Waals surface area contributed by atoms with Gasteiger partial charge in [-0.1, -0.05) is 26.7 Å². The molecule has 0 amide bonds. The van der Waals surface area contributed by atoms with Crippen LogP contribution >= 0.6 is 0 Å². The molecule has 0 unspecified atom stereocenters. The number of anilines is 2. The molecule has 0 fully saturated rings. The quantitative estimate of drug-likeness (QED) is 0.714. The van der Waals surface area contributed by atoms with E-state index in [4.69, 9.17) is 0 Å². The average Bonchev–Trinajstić information content (AvgIpc) is 2.30. The fourth-order valence-electron chi connectivity index (χ4n) is 1.63. The van der Waals surface area contributed by atoms with E-state index in [1.807, 2.05) is 20.2 Å². The predicted octanol–water partition coefficient (Wildman–Crippen LogP) is 3.06. The molecule has 17 heavy (non-hydrogen) atoms. The summed E-state index contributed by atoms with van der Waals surface area (Å²) >= 11 is 0. The van der Waals surface area contributed by atoms with E-state index in [-0.39, 0.29) is 0 Å². The van der Waals surface area contributed by atoms with Gasteiger partial charge >= 0.3 is 0 Å². The van der Waals surface area contributed by atoms with Crippen molar-refractivity contribution in [1.29, 1.82) is 0 Å². The van der Waals surface area contributed by atoms with Gasteiger partial charge in [-0.3, -0.25) is 0 Å². The van der Waals surface area contributed by atoms with Crippen LogP contribution in [0.3, 0.4) is 0 Å². The molecule has 0 aliphatic carbocycles. The molecule has 1 rings (SSSR count). The first-order valence-electron chi connectivity index (χ1n) is 6.38. The Morgan fingerprint density at radius 2 is 2.06 bits per heavy atom. The molecule has 4 nitrogen and oxygen atoms in total. The van der Waals surface area contributed by atoms with E-state index in [1.165, 1.54) is 19.3 Å². The minimum Gasteiger partial charge on any atom is -0.370 e. The summed E-state index contributed by atoms with van der Waals surface area (Å²) in [5.74, 6) is 2.40. The molecule has 0 spiro atoms. The number of hydrogen-bond donors (Lipinski definition) is 2. The molecule has 0 saturated heterocycles. The summed E-state index contributed by atoms with van der Waals surface area (Å²) in [5.41, 5.74) is 1.09. The average molecular weight is 236 g/mol. The molecule has 0 saturated carbocycles. The number of unbranched alkanes of at least 4 members (excludes halogenated alkanes) is 1. The fraction of sp³-hybridized carbons (Fsp3) is 0.692. The lowest BCUT2D eigenvalue weighted by Crippen LogP contribution is -2.07. The van der Waals surface area contributed by atoms with Gasteiger partial charge in [-0.25, -0.2) is 4.98 Å². The molecule has 0 aromatic carbocycles. The molecule has 1 heterocycles. The molecule has 0 aliphatic rings. The van der Waals surface area contributed by atoms with Crippen molar-refractivity contribution in [3.05, 3.63) is 11.8 Å². The maximum atomic E-state index is 4.39. The third kappa shape index (κ3) is 5.02. The third-order valence-electron chi connectivity index (χ3n) is 2.70. The number of aryl methyl sites for hydroxylation is 1. The Labute approximate surface area is 104 Å². The van der Waals surface area contributed by atoms with Crippen molar-refractivity contribution in [2.45, 2.75) is 40.0 Å². The summed E-state index contributed by atoms with van der Waals surface area (Å²) in [6.45, 7) is 7.53. The Hall–Kier alpha value is -1.32. The largest absolute Gasteiger partial charge is 0.370 e. The van der Waals surface area contributed by atoms with Gasteiger partial charge in [-0.05, 0) is 19.3 Å². The Kier molecular flexibility index (Phi) is 5.73. The first-order chi connectivity index (χ1) is 8.13. The minimum atomic E-state index is 0.667. The first-order valence-corrected chi connectivity index (χ1v) is 6.38. The summed E-state index contributed by atoms with van der Waals surface area (Å²) < 4.78 is 0. The maximum Gasteiger partial charge on any atom is 0.224 e. The highest BCUT2D eigenvalue weighted by molar-refractivity contribution is 5.46. The number of nitrogens with one attached hydrogen (secondary N) is 2. The van der Waals surface area contributed by atoms with Gasteiger partial charge in [0.15, 0.2) is 0 Å². The van der Waals surface area contributed by atoms with Gasteiger partial charge in [0.1, 0.15) is 5.82 Å². The van der Waals surface area contributed by atoms with Crippen LogP contribution < -0.4 is 10.6 Å². The third-order valence-corrected chi connectivity index (χ3v) is 2.70. The molecule has 0 bridgehead atoms. The van der Waals surface area contributed by atoms with Crippen molar-refractivity contribution >= 4 is 11.8 Å². The lowest BCUT2D eigenvalue weighted by Gasteiger charge is -2.10. The van der Waals surface area contributed by atoms with Gasteiger partial charge in [0.25, 0.3) is 0 Å². The lowest BCUT2D eigenvalue weighted by atomic mass is 10.1. The normalized spacial score (nSPS) is 10.6. The van der Waals surface area contributed by atoms with Crippen LogP contribution in [0.1, 0.15) is 38.7 Å². The Bertz CT molecular complexity index is 336. The van der Waals surface area contributed by atoms with E-state index < -0.39 is 0 Å². The van der Waals surface area contributed by atoms with Gasteiger partial charge in [0, 0.05) is 25.4 Å². The molecule has 2 N–H and O–H groups in total. The van der Waals surface area contributed by atoms with Crippen molar-refractivity contribution in [3.63, 3.8) is 0 Å². The van der Waals surface area contributed by atoms with Crippen molar-refractivity contribution in [1.82, 2.24) is 9.97 Å². The molecule has 1 aromatic heterocycles. The van der Waals surface area contributed by atoms with Crippen molar-refractivity contribution < 1.29 is 0 Å². The van der Waals surface area contributed by atoms with E-state index in [2.05, 4.69) is 34.4 Å². The summed E-state index contributed by atoms with van der Waals surface area (Å²) in [4.78, 5) is 8.55. The number of hydrogen-bond acceptors (Lipinski definition) is 4. The molecule has 0 aliphatic heterocycles. The van der Waals surface area contributed by atoms with Crippen LogP contribution in [0.2, 0.25) is 0 Å². The lowest BCUT2D eigenvalue weighted by molar-refractivity contribution is 0.544. The van der Waals surface area contributed by atoms with Crippen molar-refractivity contribution in [2.75, 3.05) is 24.2 Å². The molecule has 1 aromatic rings. The molecule has 96 valence electrons. The van der Waals surface area contributed by atoms with Crippen LogP contribution in [0.4, 0.5) is 11.8 Å². The Balaban J connectivity index is 2.35. The minimum absolute atomic E-state index is 0.667. The van der Waals surface area contributed by atoms with Crippen LogP contribution in [-0.2, 0) is 0 Å². The standard InChI is InChI=1S/C13H24N4/c1-10(2)7-5-6-8-15-12-11(3)9-16-13(14-4)17-12/h9-10H,5-8H2,1-4H3,(H2,14,15,16,17). The maximum absolute atomic E-state index is 4.39. The fourth-order valence-corrected chi connectivity index (χ4v) is 1.63. The van der Waals surface area contributed by atoms with Crippen LogP contribution in [0.5, 0.6) is 0 Å². The van der Waals surface area contributed by atoms with E-state index in [9.17, 15) is 0 Å². The first kappa shape index (κ1) is 13.7. The number of nitrogens with zero attached hydrogens (tertiary/aromatic N) is 2. The zero-order chi connectivity index (χ0) is 12.7. The molecular weight excluding hydrogens is 212 g/mol. The number of rotatable bonds is 7. The van der Waals surface area contributed by atoms with E-state index in [0.29, 0.717) is 5.95 Å². The number of aromatic nitrogens is 2. The van der Waals surface area contributed by atoms with Gasteiger partial charge in [-0.2, -0.15) is 4.98 Å². The van der Waals surface area contributed by atoms with E-state index in [0.717, 1.165) is 23.8 Å². The van der Waals surface area contributed by atoms with Gasteiger partial charge in [-0.15, -0.1) is 0 Å². The molecule has 0 atom stereocenters. The second-order valence-corrected chi connectivity index (χ2v) is 4.79. The van der Waals surface area contributed by atoms with Crippen LogP contribution in [-0.4, -0.2) is 23.6 Å². The van der Waals surface area contributed by atoms with Gasteiger partial charge in [0.2, 0.25) is 5.95 Å². The summed E-state index contributed by atoms with van der Waals surface area (Å²) in [5, 5.41) is 6.32. The van der Waals surface area contributed by atoms with Crippen LogP contribution in [0, 0.1) is 12.8 Å². The molecule has 0 radical (unpaired) electrons. The second-order valence-electron chi connectivity index (χ2n) is 4.79. The highest BCUT2D eigenvalue weighted by Gasteiger charge is 2.02. The van der Waals surface area contributed by atoms with Crippen molar-refractivity contribution in [2.24, 2.45) is 5.92 Å². The summed E-state index contributed by atoms with van der Waals surface area (Å²) in [6, 6.07) is 0. The van der Waals surface area contributed by atoms with E-state index >= 15 is 0 Å². The van der Waals surface area contributed by atoms with Gasteiger partial charge < -0.3 is 10.6 Å². The van der Waals surface area contributed by atoms with Crippen LogP contribution in [0.25, 0.3) is 0 Å². The highest BCUT2D eigenvalue weighted by atomic mass is 15.1. The smallest absolute Gasteiger partial charge is 0.224 e. The second kappa shape index (κ2) is 7.09. The van der Waals surface area contributed by atoms with Gasteiger partial charge in [0.05, 0.1) is 0 Å². The zero-order valence-corrected chi connectivity index (χ0v) is 11.4. The van der Waals surface area contributed by atoms with E-state index in [1.54, 1.807) is 0 Å². The Morgan fingerprint density at radius 3 is 2.71 bits per heavy atom. The van der Waals surface area contributed by atoms with Crippen LogP contribution in [0.15, 0.2) is 6.20 Å². The summed E-state index contributed by atoms with van der Waals surface area (Å²) in [6.07, 6.45) is 5.60. The Morgan fingerprint density at radius 1 is 1.29 bits per heavy atom. The molecular formula is C13H24N4.